The monoisotopic (exact) mass is 265 g/mol. The second-order valence-corrected chi connectivity index (χ2v) is 4.74. The number of rotatable bonds is 3. The first-order chi connectivity index (χ1) is 9.76. The standard InChI is InChI=1S/C16H15N3O/c1-2-4-15-18-14(10-16(20)19-15)12-7-6-11-5-3-8-17-13(11)9-12/h3,5-10H,2,4H2,1H3,(H,18,19,20). The van der Waals surface area contributed by atoms with Crippen LogP contribution < -0.4 is 5.56 Å². The number of fused-ring (bicyclic) bond motifs is 1. The van der Waals surface area contributed by atoms with Crippen molar-refractivity contribution >= 4 is 10.9 Å². The van der Waals surface area contributed by atoms with Crippen molar-refractivity contribution in [1.82, 2.24) is 15.0 Å². The third-order valence-corrected chi connectivity index (χ3v) is 3.18. The van der Waals surface area contributed by atoms with Crippen LogP contribution in [0.25, 0.3) is 22.2 Å². The van der Waals surface area contributed by atoms with Gasteiger partial charge < -0.3 is 4.98 Å². The molecule has 0 atom stereocenters. The van der Waals surface area contributed by atoms with Gasteiger partial charge in [0.15, 0.2) is 0 Å². The molecule has 0 spiro atoms. The second-order valence-electron chi connectivity index (χ2n) is 4.74. The van der Waals surface area contributed by atoms with E-state index < -0.39 is 0 Å². The molecule has 0 radical (unpaired) electrons. The Morgan fingerprint density at radius 2 is 2.10 bits per heavy atom. The van der Waals surface area contributed by atoms with Gasteiger partial charge in [-0.25, -0.2) is 4.98 Å². The fourth-order valence-electron chi connectivity index (χ4n) is 2.24. The zero-order chi connectivity index (χ0) is 13.9. The minimum atomic E-state index is -0.112. The fourth-order valence-corrected chi connectivity index (χ4v) is 2.24. The molecule has 0 aliphatic heterocycles. The maximum Gasteiger partial charge on any atom is 0.251 e. The molecule has 2 aromatic heterocycles. The van der Waals surface area contributed by atoms with Gasteiger partial charge in [0.25, 0.3) is 5.56 Å². The number of aromatic amines is 1. The lowest BCUT2D eigenvalue weighted by Gasteiger charge is -2.05. The quantitative estimate of drug-likeness (QED) is 0.792. The molecule has 0 saturated heterocycles. The van der Waals surface area contributed by atoms with Crippen molar-refractivity contribution in [2.24, 2.45) is 0 Å². The number of hydrogen-bond acceptors (Lipinski definition) is 3. The maximum atomic E-state index is 11.7. The van der Waals surface area contributed by atoms with Gasteiger partial charge in [-0.2, -0.15) is 0 Å². The minimum Gasteiger partial charge on any atom is -0.311 e. The van der Waals surface area contributed by atoms with Gasteiger partial charge in [0, 0.05) is 29.6 Å². The normalized spacial score (nSPS) is 10.8. The Morgan fingerprint density at radius 3 is 2.95 bits per heavy atom. The average Bonchev–Trinajstić information content (AvgIpc) is 2.46. The van der Waals surface area contributed by atoms with Crippen LogP contribution >= 0.6 is 0 Å². The molecule has 4 heteroatoms. The number of nitrogens with one attached hydrogen (secondary N) is 1. The van der Waals surface area contributed by atoms with Crippen LogP contribution in [0.1, 0.15) is 19.2 Å². The summed E-state index contributed by atoms with van der Waals surface area (Å²) in [5.41, 5.74) is 2.41. The van der Waals surface area contributed by atoms with Crippen LogP contribution in [0.2, 0.25) is 0 Å². The number of H-pyrrole nitrogens is 1. The van der Waals surface area contributed by atoms with E-state index in [4.69, 9.17) is 0 Å². The Hall–Kier alpha value is -2.49. The predicted molar refractivity (Wildman–Crippen MR) is 79.6 cm³/mol. The molecule has 3 rings (SSSR count). The van der Waals surface area contributed by atoms with Gasteiger partial charge in [-0.1, -0.05) is 25.1 Å². The molecule has 1 aromatic carbocycles. The van der Waals surface area contributed by atoms with Gasteiger partial charge in [-0.15, -0.1) is 0 Å². The molecule has 1 N–H and O–H groups in total. The van der Waals surface area contributed by atoms with Gasteiger partial charge in [0.05, 0.1) is 11.2 Å². The maximum absolute atomic E-state index is 11.7. The van der Waals surface area contributed by atoms with Gasteiger partial charge >= 0.3 is 0 Å². The number of nitrogens with zero attached hydrogens (tertiary/aromatic N) is 2. The molecule has 0 fully saturated rings. The molecular formula is C16H15N3O. The van der Waals surface area contributed by atoms with Crippen molar-refractivity contribution in [2.75, 3.05) is 0 Å². The van der Waals surface area contributed by atoms with Crippen molar-refractivity contribution in [2.45, 2.75) is 19.8 Å². The van der Waals surface area contributed by atoms with Crippen molar-refractivity contribution in [3.8, 4) is 11.3 Å². The molecule has 0 aliphatic carbocycles. The Kier molecular flexibility index (Phi) is 3.29. The first-order valence-electron chi connectivity index (χ1n) is 6.71. The molecular weight excluding hydrogens is 250 g/mol. The van der Waals surface area contributed by atoms with Crippen LogP contribution in [-0.4, -0.2) is 15.0 Å². The van der Waals surface area contributed by atoms with Gasteiger partial charge in [-0.05, 0) is 18.6 Å². The summed E-state index contributed by atoms with van der Waals surface area (Å²) in [5, 5.41) is 1.08. The molecule has 100 valence electrons. The van der Waals surface area contributed by atoms with E-state index in [1.54, 1.807) is 6.20 Å². The van der Waals surface area contributed by atoms with E-state index in [-0.39, 0.29) is 5.56 Å². The van der Waals surface area contributed by atoms with E-state index >= 15 is 0 Å². The van der Waals surface area contributed by atoms with Gasteiger partial charge in [-0.3, -0.25) is 9.78 Å². The van der Waals surface area contributed by atoms with Crippen molar-refractivity contribution < 1.29 is 0 Å². The summed E-state index contributed by atoms with van der Waals surface area (Å²) in [6.07, 6.45) is 3.49. The molecule has 3 aromatic rings. The molecule has 0 aliphatic rings. The Balaban J connectivity index is 2.12. The Labute approximate surface area is 116 Å². The largest absolute Gasteiger partial charge is 0.311 e. The lowest BCUT2D eigenvalue weighted by atomic mass is 10.1. The summed E-state index contributed by atoms with van der Waals surface area (Å²) in [7, 11) is 0. The van der Waals surface area contributed by atoms with Crippen molar-refractivity contribution in [1.29, 1.82) is 0 Å². The van der Waals surface area contributed by atoms with E-state index in [0.29, 0.717) is 5.69 Å². The second kappa shape index (κ2) is 5.25. The molecule has 0 bridgehead atoms. The van der Waals surface area contributed by atoms with Crippen LogP contribution in [0.5, 0.6) is 0 Å². The topological polar surface area (TPSA) is 58.6 Å². The number of aryl methyl sites for hydroxylation is 1. The smallest absolute Gasteiger partial charge is 0.251 e. The lowest BCUT2D eigenvalue weighted by molar-refractivity contribution is 0.828. The van der Waals surface area contributed by atoms with Crippen LogP contribution in [0, 0.1) is 0 Å². The highest BCUT2D eigenvalue weighted by Gasteiger charge is 2.05. The van der Waals surface area contributed by atoms with E-state index in [1.165, 1.54) is 6.07 Å². The first-order valence-corrected chi connectivity index (χ1v) is 6.71. The zero-order valence-electron chi connectivity index (χ0n) is 11.3. The summed E-state index contributed by atoms with van der Waals surface area (Å²) in [6, 6.07) is 11.4. The van der Waals surface area contributed by atoms with Gasteiger partial charge in [0.1, 0.15) is 5.82 Å². The zero-order valence-corrected chi connectivity index (χ0v) is 11.3. The van der Waals surface area contributed by atoms with E-state index in [9.17, 15) is 4.79 Å². The summed E-state index contributed by atoms with van der Waals surface area (Å²) in [4.78, 5) is 23.3. The van der Waals surface area contributed by atoms with Crippen LogP contribution in [-0.2, 0) is 6.42 Å². The SMILES string of the molecule is CCCc1nc(-c2ccc3cccnc3c2)cc(=O)[nH]1. The van der Waals surface area contributed by atoms with E-state index in [0.717, 1.165) is 35.1 Å². The number of benzene rings is 1. The highest BCUT2D eigenvalue weighted by atomic mass is 16.1. The Morgan fingerprint density at radius 1 is 1.20 bits per heavy atom. The van der Waals surface area contributed by atoms with E-state index in [1.807, 2.05) is 30.3 Å². The highest BCUT2D eigenvalue weighted by molar-refractivity contribution is 5.83. The average molecular weight is 265 g/mol. The third-order valence-electron chi connectivity index (χ3n) is 3.18. The molecule has 2 heterocycles. The fraction of sp³-hybridized carbons (Fsp3) is 0.188. The van der Waals surface area contributed by atoms with Crippen LogP contribution in [0.3, 0.4) is 0 Å². The Bertz CT molecular complexity index is 808. The number of pyridine rings is 1. The number of aromatic nitrogens is 3. The van der Waals surface area contributed by atoms with Gasteiger partial charge in [0.2, 0.25) is 0 Å². The molecule has 0 unspecified atom stereocenters. The molecule has 20 heavy (non-hydrogen) atoms. The van der Waals surface area contributed by atoms with Crippen LogP contribution in [0.4, 0.5) is 0 Å². The van der Waals surface area contributed by atoms with E-state index in [2.05, 4.69) is 21.9 Å². The van der Waals surface area contributed by atoms with Crippen molar-refractivity contribution in [3.05, 3.63) is 58.8 Å². The third kappa shape index (κ3) is 2.45. The highest BCUT2D eigenvalue weighted by Crippen LogP contribution is 2.20. The molecule has 4 nitrogen and oxygen atoms in total. The van der Waals surface area contributed by atoms with Crippen molar-refractivity contribution in [3.63, 3.8) is 0 Å². The summed E-state index contributed by atoms with van der Waals surface area (Å²) >= 11 is 0. The lowest BCUT2D eigenvalue weighted by Crippen LogP contribution is -2.11. The molecule has 0 saturated carbocycles. The number of hydrogen-bond donors (Lipinski definition) is 1. The molecule has 0 amide bonds. The predicted octanol–water partition coefficient (Wildman–Crippen LogP) is 2.94. The summed E-state index contributed by atoms with van der Waals surface area (Å²) < 4.78 is 0. The summed E-state index contributed by atoms with van der Waals surface area (Å²) in [5.74, 6) is 0.733. The van der Waals surface area contributed by atoms with Crippen LogP contribution in [0.15, 0.2) is 47.4 Å². The minimum absolute atomic E-state index is 0.112. The first kappa shape index (κ1) is 12.5. The summed E-state index contributed by atoms with van der Waals surface area (Å²) in [6.45, 7) is 2.06.